The Kier molecular flexibility index (Phi) is 5.51. The van der Waals surface area contributed by atoms with Gasteiger partial charge < -0.3 is 15.0 Å². The largest absolute Gasteiger partial charge is 0.490 e. The van der Waals surface area contributed by atoms with Crippen molar-refractivity contribution >= 4 is 21.4 Å². The lowest BCUT2D eigenvalue weighted by Gasteiger charge is -2.23. The number of likely N-dealkylation sites (N-methyl/N-ethyl adjacent to an activating group) is 1. The van der Waals surface area contributed by atoms with Crippen LogP contribution >= 0.6 is 0 Å². The maximum Gasteiger partial charge on any atom is 0.241 e. The average Bonchev–Trinajstić information content (AvgIpc) is 3.21. The smallest absolute Gasteiger partial charge is 0.241 e. The Morgan fingerprint density at radius 2 is 2.04 bits per heavy atom. The molecular formula is C18H26N2O4S. The highest BCUT2D eigenvalue weighted by Crippen LogP contribution is 2.25. The molecule has 138 valence electrons. The van der Waals surface area contributed by atoms with Crippen LogP contribution in [0.1, 0.15) is 32.1 Å². The third-order valence-corrected chi connectivity index (χ3v) is 6.78. The number of anilines is 1. The van der Waals surface area contributed by atoms with Gasteiger partial charge in [0.1, 0.15) is 5.75 Å². The van der Waals surface area contributed by atoms with E-state index in [1.165, 1.54) is 12.8 Å². The van der Waals surface area contributed by atoms with Crippen molar-refractivity contribution in [1.29, 1.82) is 0 Å². The summed E-state index contributed by atoms with van der Waals surface area (Å²) in [6, 6.07) is 7.43. The molecule has 6 nitrogen and oxygen atoms in total. The van der Waals surface area contributed by atoms with E-state index < -0.39 is 9.84 Å². The molecule has 2 aliphatic rings. The number of benzene rings is 1. The number of hydrogen-bond donors (Lipinski definition) is 1. The SMILES string of the molecule is CN(C(=O)CNc1cccc(OC2CCCC2)c1)[C@@H]1CCS(=O)(=O)C1. The summed E-state index contributed by atoms with van der Waals surface area (Å²) >= 11 is 0. The van der Waals surface area contributed by atoms with E-state index in [0.29, 0.717) is 12.5 Å². The van der Waals surface area contributed by atoms with E-state index in [-0.39, 0.29) is 30.0 Å². The Balaban J connectivity index is 1.51. The molecule has 25 heavy (non-hydrogen) atoms. The number of sulfone groups is 1. The molecule has 0 bridgehead atoms. The van der Waals surface area contributed by atoms with Gasteiger partial charge in [-0.1, -0.05) is 6.07 Å². The number of hydrogen-bond acceptors (Lipinski definition) is 5. The zero-order valence-corrected chi connectivity index (χ0v) is 15.4. The maximum absolute atomic E-state index is 12.3. The Morgan fingerprint density at radius 1 is 1.28 bits per heavy atom. The van der Waals surface area contributed by atoms with Gasteiger partial charge >= 0.3 is 0 Å². The Hall–Kier alpha value is -1.76. The fraction of sp³-hybridized carbons (Fsp3) is 0.611. The van der Waals surface area contributed by atoms with Gasteiger partial charge in [0, 0.05) is 24.8 Å². The molecule has 0 aromatic heterocycles. The number of nitrogens with zero attached hydrogens (tertiary/aromatic N) is 1. The quantitative estimate of drug-likeness (QED) is 0.834. The number of carbonyl (C=O) groups excluding carboxylic acids is 1. The first kappa shape index (κ1) is 18.0. The summed E-state index contributed by atoms with van der Waals surface area (Å²) in [5.41, 5.74) is 0.830. The van der Waals surface area contributed by atoms with Crippen molar-refractivity contribution in [3.05, 3.63) is 24.3 Å². The summed E-state index contributed by atoms with van der Waals surface area (Å²) in [7, 11) is -1.31. The van der Waals surface area contributed by atoms with Crippen molar-refractivity contribution in [2.75, 3.05) is 30.4 Å². The lowest BCUT2D eigenvalue weighted by molar-refractivity contribution is -0.129. The summed E-state index contributed by atoms with van der Waals surface area (Å²) in [6.07, 6.45) is 5.47. The summed E-state index contributed by atoms with van der Waals surface area (Å²) in [6.45, 7) is 0.139. The van der Waals surface area contributed by atoms with Gasteiger partial charge in [-0.25, -0.2) is 8.42 Å². The summed E-state index contributed by atoms with van der Waals surface area (Å²) in [4.78, 5) is 13.9. The minimum atomic E-state index is -2.99. The Bertz CT molecular complexity index is 714. The van der Waals surface area contributed by atoms with Crippen LogP contribution in [0.3, 0.4) is 0 Å². The van der Waals surface area contributed by atoms with E-state index in [0.717, 1.165) is 24.3 Å². The molecular weight excluding hydrogens is 340 g/mol. The molecule has 3 rings (SSSR count). The second-order valence-electron chi connectivity index (χ2n) is 6.97. The first-order valence-corrected chi connectivity index (χ1v) is 10.7. The number of nitrogens with one attached hydrogen (secondary N) is 1. The minimum Gasteiger partial charge on any atom is -0.490 e. The summed E-state index contributed by atoms with van der Waals surface area (Å²) < 4.78 is 29.1. The monoisotopic (exact) mass is 366 g/mol. The molecule has 1 saturated carbocycles. The predicted octanol–water partition coefficient (Wildman–Crippen LogP) is 2.07. The van der Waals surface area contributed by atoms with Crippen LogP contribution in [0.2, 0.25) is 0 Å². The van der Waals surface area contributed by atoms with Crippen molar-refractivity contribution in [3.63, 3.8) is 0 Å². The molecule has 1 aromatic carbocycles. The van der Waals surface area contributed by atoms with E-state index in [1.54, 1.807) is 11.9 Å². The maximum atomic E-state index is 12.3. The molecule has 1 aliphatic heterocycles. The Labute approximate surface area is 149 Å². The highest BCUT2D eigenvalue weighted by molar-refractivity contribution is 7.91. The van der Waals surface area contributed by atoms with Gasteiger partial charge in [-0.3, -0.25) is 4.79 Å². The molecule has 1 saturated heterocycles. The second kappa shape index (κ2) is 7.64. The molecule has 7 heteroatoms. The van der Waals surface area contributed by atoms with Crippen molar-refractivity contribution in [2.45, 2.75) is 44.2 Å². The zero-order valence-electron chi connectivity index (χ0n) is 14.6. The van der Waals surface area contributed by atoms with Crippen LogP contribution in [0.4, 0.5) is 5.69 Å². The van der Waals surface area contributed by atoms with E-state index in [2.05, 4.69) is 5.32 Å². The minimum absolute atomic E-state index is 0.0694. The standard InChI is InChI=1S/C18H26N2O4S/c1-20(15-9-10-25(22,23)13-15)18(21)12-19-14-5-4-8-17(11-14)24-16-6-2-3-7-16/h4-5,8,11,15-16,19H,2-3,6-7,9-10,12-13H2,1H3/t15-/m1/s1. The molecule has 1 amide bonds. The van der Waals surface area contributed by atoms with Gasteiger partial charge in [0.15, 0.2) is 9.84 Å². The first-order chi connectivity index (χ1) is 11.9. The first-order valence-electron chi connectivity index (χ1n) is 8.90. The van der Waals surface area contributed by atoms with Crippen LogP contribution in [0.15, 0.2) is 24.3 Å². The van der Waals surface area contributed by atoms with Crippen molar-refractivity contribution in [2.24, 2.45) is 0 Å². The lowest BCUT2D eigenvalue weighted by atomic mass is 10.2. The van der Waals surface area contributed by atoms with Crippen LogP contribution in [0.5, 0.6) is 5.75 Å². The predicted molar refractivity (Wildman–Crippen MR) is 97.6 cm³/mol. The fourth-order valence-electron chi connectivity index (χ4n) is 3.46. The Morgan fingerprint density at radius 3 is 2.72 bits per heavy atom. The highest BCUT2D eigenvalue weighted by Gasteiger charge is 2.32. The summed E-state index contributed by atoms with van der Waals surface area (Å²) in [5, 5.41) is 3.11. The number of ether oxygens (including phenoxy) is 1. The normalized spacial score (nSPS) is 22.7. The fourth-order valence-corrected chi connectivity index (χ4v) is 5.24. The average molecular weight is 366 g/mol. The molecule has 0 unspecified atom stereocenters. The molecule has 1 heterocycles. The van der Waals surface area contributed by atoms with Crippen LogP contribution in [0.25, 0.3) is 0 Å². The zero-order chi connectivity index (χ0) is 17.9. The van der Waals surface area contributed by atoms with Gasteiger partial charge in [-0.05, 0) is 44.2 Å². The number of amides is 1. The van der Waals surface area contributed by atoms with Crippen molar-refractivity contribution in [3.8, 4) is 5.75 Å². The van der Waals surface area contributed by atoms with E-state index in [4.69, 9.17) is 4.74 Å². The number of carbonyl (C=O) groups is 1. The van der Waals surface area contributed by atoms with E-state index in [1.807, 2.05) is 24.3 Å². The van der Waals surface area contributed by atoms with Gasteiger partial charge in [0.25, 0.3) is 0 Å². The van der Waals surface area contributed by atoms with Gasteiger partial charge in [-0.2, -0.15) is 0 Å². The van der Waals surface area contributed by atoms with Crippen LogP contribution in [-0.4, -0.2) is 56.5 Å². The third-order valence-electron chi connectivity index (χ3n) is 5.03. The molecule has 1 N–H and O–H groups in total. The van der Waals surface area contributed by atoms with Gasteiger partial charge in [0.05, 0.1) is 24.2 Å². The second-order valence-corrected chi connectivity index (χ2v) is 9.20. The molecule has 1 aromatic rings. The molecule has 0 spiro atoms. The van der Waals surface area contributed by atoms with Gasteiger partial charge in [0.2, 0.25) is 5.91 Å². The van der Waals surface area contributed by atoms with Crippen LogP contribution in [0, 0.1) is 0 Å². The van der Waals surface area contributed by atoms with Crippen molar-refractivity contribution in [1.82, 2.24) is 4.90 Å². The van der Waals surface area contributed by atoms with Crippen LogP contribution < -0.4 is 10.1 Å². The molecule has 1 atom stereocenters. The highest BCUT2D eigenvalue weighted by atomic mass is 32.2. The molecule has 2 fully saturated rings. The van der Waals surface area contributed by atoms with Crippen LogP contribution in [-0.2, 0) is 14.6 Å². The molecule has 0 radical (unpaired) electrons. The molecule has 1 aliphatic carbocycles. The van der Waals surface area contributed by atoms with Crippen molar-refractivity contribution < 1.29 is 17.9 Å². The topological polar surface area (TPSA) is 75.7 Å². The van der Waals surface area contributed by atoms with Gasteiger partial charge in [-0.15, -0.1) is 0 Å². The van der Waals surface area contributed by atoms with E-state index in [9.17, 15) is 13.2 Å². The third kappa shape index (κ3) is 4.87. The number of rotatable bonds is 6. The van der Waals surface area contributed by atoms with E-state index >= 15 is 0 Å². The summed E-state index contributed by atoms with van der Waals surface area (Å²) in [5.74, 6) is 0.951. The lowest BCUT2D eigenvalue weighted by Crippen LogP contribution is -2.40.